The third kappa shape index (κ3) is 2.59. The van der Waals surface area contributed by atoms with Gasteiger partial charge in [-0.1, -0.05) is 12.1 Å². The van der Waals surface area contributed by atoms with Gasteiger partial charge in [-0.05, 0) is 17.7 Å². The van der Waals surface area contributed by atoms with Crippen molar-refractivity contribution >= 4 is 5.91 Å². The first-order valence-electron chi connectivity index (χ1n) is 5.59. The second kappa shape index (κ2) is 4.92. The smallest absolute Gasteiger partial charge is 0.224 e. The van der Waals surface area contributed by atoms with Gasteiger partial charge in [-0.15, -0.1) is 12.3 Å². The molecule has 88 valence electrons. The molecule has 3 heteroatoms. The summed E-state index contributed by atoms with van der Waals surface area (Å²) in [6.07, 6.45) is 5.82. The molecule has 1 aliphatic heterocycles. The molecule has 1 unspecified atom stereocenters. The van der Waals surface area contributed by atoms with E-state index in [-0.39, 0.29) is 11.8 Å². The van der Waals surface area contributed by atoms with Gasteiger partial charge in [0.1, 0.15) is 5.75 Å². The fourth-order valence-electron chi connectivity index (χ4n) is 2.03. The molecule has 1 aromatic carbocycles. The van der Waals surface area contributed by atoms with Crippen molar-refractivity contribution in [2.75, 3.05) is 13.7 Å². The van der Waals surface area contributed by atoms with Crippen LogP contribution in [0.25, 0.3) is 0 Å². The Morgan fingerprint density at radius 1 is 1.59 bits per heavy atom. The molecule has 0 bridgehead atoms. The second-order valence-electron chi connectivity index (χ2n) is 4.19. The Hall–Kier alpha value is -1.95. The first kappa shape index (κ1) is 11.5. The van der Waals surface area contributed by atoms with Crippen LogP contribution in [-0.2, 0) is 11.3 Å². The number of hydrogen-bond acceptors (Lipinski definition) is 2. The quantitative estimate of drug-likeness (QED) is 0.738. The van der Waals surface area contributed by atoms with Crippen LogP contribution in [0.1, 0.15) is 12.0 Å². The summed E-state index contributed by atoms with van der Waals surface area (Å²) in [7, 11) is 1.63. The number of methoxy groups -OCH3 is 1. The van der Waals surface area contributed by atoms with Crippen LogP contribution in [0.15, 0.2) is 24.3 Å². The van der Waals surface area contributed by atoms with E-state index in [1.165, 1.54) is 0 Å². The van der Waals surface area contributed by atoms with E-state index >= 15 is 0 Å². The van der Waals surface area contributed by atoms with Crippen LogP contribution in [0.4, 0.5) is 0 Å². The molecule has 1 aliphatic rings. The van der Waals surface area contributed by atoms with Crippen LogP contribution in [0.2, 0.25) is 0 Å². The van der Waals surface area contributed by atoms with Gasteiger partial charge in [-0.3, -0.25) is 4.79 Å². The molecule has 0 radical (unpaired) electrons. The number of terminal acetylenes is 1. The average molecular weight is 229 g/mol. The zero-order valence-electron chi connectivity index (χ0n) is 9.85. The van der Waals surface area contributed by atoms with Crippen molar-refractivity contribution in [1.82, 2.24) is 4.90 Å². The van der Waals surface area contributed by atoms with Gasteiger partial charge in [-0.25, -0.2) is 0 Å². The Balaban J connectivity index is 2.06. The summed E-state index contributed by atoms with van der Waals surface area (Å²) < 4.78 is 5.15. The van der Waals surface area contributed by atoms with Gasteiger partial charge in [0.15, 0.2) is 0 Å². The van der Waals surface area contributed by atoms with Gasteiger partial charge in [-0.2, -0.15) is 0 Å². The van der Waals surface area contributed by atoms with Gasteiger partial charge < -0.3 is 9.64 Å². The van der Waals surface area contributed by atoms with Crippen molar-refractivity contribution in [2.45, 2.75) is 13.0 Å². The molecule has 1 fully saturated rings. The monoisotopic (exact) mass is 229 g/mol. The van der Waals surface area contributed by atoms with Crippen LogP contribution < -0.4 is 4.74 Å². The molecule has 1 saturated heterocycles. The summed E-state index contributed by atoms with van der Waals surface area (Å²) in [5.41, 5.74) is 1.07. The summed E-state index contributed by atoms with van der Waals surface area (Å²) in [5.74, 6) is 3.65. The number of benzene rings is 1. The number of nitrogens with zero attached hydrogens (tertiary/aromatic N) is 1. The van der Waals surface area contributed by atoms with Gasteiger partial charge in [0.2, 0.25) is 5.91 Å². The lowest BCUT2D eigenvalue weighted by Crippen LogP contribution is -2.24. The van der Waals surface area contributed by atoms with Gasteiger partial charge in [0, 0.05) is 25.4 Å². The number of hydrogen-bond donors (Lipinski definition) is 0. The molecule has 2 rings (SSSR count). The molecule has 0 saturated carbocycles. The number of likely N-dealkylation sites (tertiary alicyclic amines) is 1. The van der Waals surface area contributed by atoms with Crippen molar-refractivity contribution in [3.63, 3.8) is 0 Å². The highest BCUT2D eigenvalue weighted by Gasteiger charge is 2.27. The highest BCUT2D eigenvalue weighted by atomic mass is 16.5. The normalized spacial score (nSPS) is 19.2. The van der Waals surface area contributed by atoms with E-state index in [0.29, 0.717) is 19.5 Å². The molecule has 1 aromatic rings. The van der Waals surface area contributed by atoms with Crippen LogP contribution >= 0.6 is 0 Å². The fourth-order valence-corrected chi connectivity index (χ4v) is 2.03. The van der Waals surface area contributed by atoms with E-state index in [4.69, 9.17) is 11.2 Å². The van der Waals surface area contributed by atoms with E-state index in [0.717, 1.165) is 11.3 Å². The molecule has 0 spiro atoms. The molecule has 0 aromatic heterocycles. The molecule has 1 atom stereocenters. The summed E-state index contributed by atoms with van der Waals surface area (Å²) in [6, 6.07) is 7.74. The zero-order chi connectivity index (χ0) is 12.3. The van der Waals surface area contributed by atoms with Gasteiger partial charge in [0.25, 0.3) is 0 Å². The van der Waals surface area contributed by atoms with Crippen molar-refractivity contribution in [1.29, 1.82) is 0 Å². The van der Waals surface area contributed by atoms with Crippen LogP contribution in [0.3, 0.4) is 0 Å². The van der Waals surface area contributed by atoms with Crippen molar-refractivity contribution in [2.24, 2.45) is 5.92 Å². The number of ether oxygens (including phenoxy) is 1. The highest BCUT2D eigenvalue weighted by Crippen LogP contribution is 2.21. The molecular weight excluding hydrogens is 214 g/mol. The Bertz CT molecular complexity index is 462. The van der Waals surface area contributed by atoms with Gasteiger partial charge in [0.05, 0.1) is 7.11 Å². The minimum atomic E-state index is 0.0631. The lowest BCUT2D eigenvalue weighted by molar-refractivity contribution is -0.128. The fraction of sp³-hybridized carbons (Fsp3) is 0.357. The molecule has 1 heterocycles. The molecule has 3 nitrogen and oxygen atoms in total. The summed E-state index contributed by atoms with van der Waals surface area (Å²) in [4.78, 5) is 13.5. The summed E-state index contributed by atoms with van der Waals surface area (Å²) in [6.45, 7) is 1.26. The van der Waals surface area contributed by atoms with Crippen molar-refractivity contribution < 1.29 is 9.53 Å². The Morgan fingerprint density at radius 3 is 3.06 bits per heavy atom. The van der Waals surface area contributed by atoms with Crippen LogP contribution in [0, 0.1) is 18.3 Å². The zero-order valence-corrected chi connectivity index (χ0v) is 9.85. The highest BCUT2D eigenvalue weighted by molar-refractivity contribution is 5.79. The molecular formula is C14H15NO2. The van der Waals surface area contributed by atoms with E-state index < -0.39 is 0 Å². The van der Waals surface area contributed by atoms with E-state index in [1.54, 1.807) is 12.0 Å². The number of amides is 1. The maximum absolute atomic E-state index is 11.7. The molecule has 0 N–H and O–H groups in total. The lowest BCUT2D eigenvalue weighted by atomic mass is 10.1. The molecule has 0 aliphatic carbocycles. The Kier molecular flexibility index (Phi) is 3.34. The van der Waals surface area contributed by atoms with Crippen LogP contribution in [0.5, 0.6) is 5.75 Å². The Morgan fingerprint density at radius 2 is 2.41 bits per heavy atom. The lowest BCUT2D eigenvalue weighted by Gasteiger charge is -2.16. The van der Waals surface area contributed by atoms with Crippen LogP contribution in [-0.4, -0.2) is 24.5 Å². The first-order chi connectivity index (χ1) is 8.22. The predicted octanol–water partition coefficient (Wildman–Crippen LogP) is 1.68. The third-order valence-corrected chi connectivity index (χ3v) is 2.96. The number of rotatable bonds is 3. The maximum Gasteiger partial charge on any atom is 0.224 e. The minimum absolute atomic E-state index is 0.0631. The van der Waals surface area contributed by atoms with Crippen molar-refractivity contribution in [3.05, 3.63) is 29.8 Å². The second-order valence-corrected chi connectivity index (χ2v) is 4.19. The van der Waals surface area contributed by atoms with E-state index in [2.05, 4.69) is 5.92 Å². The van der Waals surface area contributed by atoms with Gasteiger partial charge >= 0.3 is 0 Å². The molecule has 17 heavy (non-hydrogen) atoms. The largest absolute Gasteiger partial charge is 0.497 e. The number of carbonyl (C=O) groups is 1. The standard InChI is InChI=1S/C14H15NO2/c1-3-11-8-14(16)15(9-11)10-12-5-4-6-13(7-12)17-2/h1,4-7,11H,8-10H2,2H3. The van der Waals surface area contributed by atoms with Crippen molar-refractivity contribution in [3.8, 4) is 18.1 Å². The third-order valence-electron chi connectivity index (χ3n) is 2.96. The summed E-state index contributed by atoms with van der Waals surface area (Å²) >= 11 is 0. The van der Waals surface area contributed by atoms with E-state index in [9.17, 15) is 4.79 Å². The Labute approximate surface area is 101 Å². The summed E-state index contributed by atoms with van der Waals surface area (Å²) in [5, 5.41) is 0. The van der Waals surface area contributed by atoms with E-state index in [1.807, 2.05) is 24.3 Å². The SMILES string of the molecule is C#CC1CC(=O)N(Cc2cccc(OC)c2)C1. The average Bonchev–Trinajstić information content (AvgIpc) is 2.70. The minimum Gasteiger partial charge on any atom is -0.497 e. The molecule has 1 amide bonds. The maximum atomic E-state index is 11.7. The predicted molar refractivity (Wildman–Crippen MR) is 65.4 cm³/mol. The first-order valence-corrected chi connectivity index (χ1v) is 5.59. The topological polar surface area (TPSA) is 29.5 Å². The number of carbonyl (C=O) groups excluding carboxylic acids is 1.